The average molecular weight is 306 g/mol. The van der Waals surface area contributed by atoms with Crippen LogP contribution in [0, 0.1) is 0 Å². The van der Waals surface area contributed by atoms with Gasteiger partial charge in [0.2, 0.25) is 0 Å². The summed E-state index contributed by atoms with van der Waals surface area (Å²) in [5, 5.41) is 11.4. The summed E-state index contributed by atoms with van der Waals surface area (Å²) in [4.78, 5) is 12.5. The minimum absolute atomic E-state index is 0.307. The molecule has 0 bridgehead atoms. The maximum absolute atomic E-state index is 11.5. The Morgan fingerprint density at radius 3 is 2.14 bits per heavy atom. The molecule has 3 rings (SSSR count). The number of benzene rings is 2. The lowest BCUT2D eigenvalue weighted by Crippen LogP contribution is -1.99. The second-order valence-electron chi connectivity index (χ2n) is 4.82. The maximum Gasteiger partial charge on any atom is 0.336 e. The van der Waals surface area contributed by atoms with E-state index in [9.17, 15) is 9.90 Å². The van der Waals surface area contributed by atoms with Crippen molar-refractivity contribution < 1.29 is 9.90 Å². The Morgan fingerprint density at radius 1 is 0.864 bits per heavy atom. The van der Waals surface area contributed by atoms with Crippen LogP contribution in [-0.4, -0.2) is 11.1 Å². The van der Waals surface area contributed by atoms with Crippen molar-refractivity contribution >= 4 is 29.0 Å². The summed E-state index contributed by atoms with van der Waals surface area (Å²) in [7, 11) is 0. The predicted octanol–water partition coefficient (Wildman–Crippen LogP) is 5.04. The van der Waals surface area contributed by atoms with Crippen molar-refractivity contribution in [1.29, 1.82) is 0 Å². The molecule has 0 aliphatic heterocycles. The number of aliphatic carboxylic acids is 1. The summed E-state index contributed by atoms with van der Waals surface area (Å²) in [6, 6.07) is 21.5. The molecule has 3 aromatic rings. The zero-order valence-electron chi connectivity index (χ0n) is 11.8. The Labute approximate surface area is 133 Å². The van der Waals surface area contributed by atoms with E-state index < -0.39 is 5.97 Å². The summed E-state index contributed by atoms with van der Waals surface area (Å²) < 4.78 is 0. The molecule has 1 aromatic heterocycles. The van der Waals surface area contributed by atoms with Crippen LogP contribution >= 0.6 is 11.3 Å². The predicted molar refractivity (Wildman–Crippen MR) is 91.7 cm³/mol. The second-order valence-corrected chi connectivity index (χ2v) is 5.80. The molecule has 0 amide bonds. The minimum atomic E-state index is -0.916. The molecule has 0 radical (unpaired) electrons. The van der Waals surface area contributed by atoms with Gasteiger partial charge in [-0.15, -0.1) is 11.3 Å². The van der Waals surface area contributed by atoms with E-state index in [1.807, 2.05) is 72.1 Å². The van der Waals surface area contributed by atoms with Crippen LogP contribution in [0.4, 0.5) is 0 Å². The molecule has 0 aliphatic carbocycles. The first-order valence-electron chi connectivity index (χ1n) is 6.88. The average Bonchev–Trinajstić information content (AvgIpc) is 3.07. The smallest absolute Gasteiger partial charge is 0.336 e. The maximum atomic E-state index is 11.5. The Balaban J connectivity index is 1.95. The van der Waals surface area contributed by atoms with Crippen LogP contribution in [-0.2, 0) is 4.79 Å². The third-order valence-corrected chi connectivity index (χ3v) is 4.18. The molecule has 3 heteroatoms. The third-order valence-electron chi connectivity index (χ3n) is 3.36. The van der Waals surface area contributed by atoms with E-state index in [0.29, 0.717) is 11.1 Å². The monoisotopic (exact) mass is 306 g/mol. The summed E-state index contributed by atoms with van der Waals surface area (Å²) in [5.74, 6) is -0.916. The molecule has 0 aliphatic rings. The van der Waals surface area contributed by atoms with E-state index in [1.165, 1.54) is 11.3 Å². The summed E-state index contributed by atoms with van der Waals surface area (Å²) in [5.41, 5.74) is 3.21. The van der Waals surface area contributed by atoms with Gasteiger partial charge in [-0.3, -0.25) is 0 Å². The van der Waals surface area contributed by atoms with Crippen molar-refractivity contribution in [3.05, 3.63) is 82.6 Å². The first kappa shape index (κ1) is 14.3. The van der Waals surface area contributed by atoms with Gasteiger partial charge in [-0.2, -0.15) is 0 Å². The van der Waals surface area contributed by atoms with Gasteiger partial charge in [-0.25, -0.2) is 4.79 Å². The van der Waals surface area contributed by atoms with Crippen LogP contribution in [0.1, 0.15) is 10.4 Å². The molecule has 0 unspecified atom stereocenters. The van der Waals surface area contributed by atoms with E-state index in [0.717, 1.165) is 16.0 Å². The SMILES string of the molecule is O=C(O)C(=Cc1cccs1)c1ccc(-c2ccccc2)cc1. The molecular formula is C19H14O2S. The van der Waals surface area contributed by atoms with Gasteiger partial charge in [0.15, 0.2) is 0 Å². The van der Waals surface area contributed by atoms with E-state index in [-0.39, 0.29) is 0 Å². The summed E-state index contributed by atoms with van der Waals surface area (Å²) in [6.07, 6.45) is 1.71. The van der Waals surface area contributed by atoms with Gasteiger partial charge in [0.05, 0.1) is 5.57 Å². The lowest BCUT2D eigenvalue weighted by Gasteiger charge is -2.05. The van der Waals surface area contributed by atoms with Crippen LogP contribution in [0.25, 0.3) is 22.8 Å². The first-order valence-corrected chi connectivity index (χ1v) is 7.76. The van der Waals surface area contributed by atoms with Gasteiger partial charge in [-0.1, -0.05) is 60.7 Å². The molecule has 2 nitrogen and oxygen atoms in total. The summed E-state index contributed by atoms with van der Waals surface area (Å²) in [6.45, 7) is 0. The van der Waals surface area contributed by atoms with E-state index in [4.69, 9.17) is 0 Å². The Kier molecular flexibility index (Phi) is 4.17. The molecular weight excluding hydrogens is 292 g/mol. The molecule has 0 atom stereocenters. The van der Waals surface area contributed by atoms with Gasteiger partial charge in [0.1, 0.15) is 0 Å². The van der Waals surface area contributed by atoms with Gasteiger partial charge in [-0.05, 0) is 34.2 Å². The normalized spacial score (nSPS) is 11.4. The van der Waals surface area contributed by atoms with E-state index in [1.54, 1.807) is 6.08 Å². The topological polar surface area (TPSA) is 37.3 Å². The number of carboxylic acids is 1. The number of carbonyl (C=O) groups is 1. The third kappa shape index (κ3) is 3.15. The molecule has 0 saturated carbocycles. The van der Waals surface area contributed by atoms with Crippen molar-refractivity contribution in [2.24, 2.45) is 0 Å². The van der Waals surface area contributed by atoms with Gasteiger partial charge >= 0.3 is 5.97 Å². The van der Waals surface area contributed by atoms with E-state index in [2.05, 4.69) is 0 Å². The van der Waals surface area contributed by atoms with Gasteiger partial charge < -0.3 is 5.11 Å². The fourth-order valence-electron chi connectivity index (χ4n) is 2.26. The van der Waals surface area contributed by atoms with Crippen molar-refractivity contribution in [3.8, 4) is 11.1 Å². The highest BCUT2D eigenvalue weighted by atomic mass is 32.1. The van der Waals surface area contributed by atoms with Crippen LogP contribution in [0.5, 0.6) is 0 Å². The van der Waals surface area contributed by atoms with E-state index >= 15 is 0 Å². The highest BCUT2D eigenvalue weighted by Gasteiger charge is 2.11. The molecule has 1 heterocycles. The zero-order chi connectivity index (χ0) is 15.4. The highest BCUT2D eigenvalue weighted by Crippen LogP contribution is 2.25. The van der Waals surface area contributed by atoms with Gasteiger partial charge in [0.25, 0.3) is 0 Å². The Hall–Kier alpha value is -2.65. The Bertz CT molecular complexity index is 785. The molecule has 0 saturated heterocycles. The quantitative estimate of drug-likeness (QED) is 0.686. The standard InChI is InChI=1S/C19H14O2S/c20-19(21)18(13-17-7-4-12-22-17)16-10-8-15(9-11-16)14-5-2-1-3-6-14/h1-13H,(H,20,21). The van der Waals surface area contributed by atoms with Crippen molar-refractivity contribution in [2.75, 3.05) is 0 Å². The minimum Gasteiger partial charge on any atom is -0.478 e. The largest absolute Gasteiger partial charge is 0.478 e. The first-order chi connectivity index (χ1) is 10.7. The zero-order valence-corrected chi connectivity index (χ0v) is 12.6. The van der Waals surface area contributed by atoms with Crippen molar-refractivity contribution in [1.82, 2.24) is 0 Å². The molecule has 1 N–H and O–H groups in total. The fraction of sp³-hybridized carbons (Fsp3) is 0. The molecule has 108 valence electrons. The van der Waals surface area contributed by atoms with Crippen molar-refractivity contribution in [3.63, 3.8) is 0 Å². The number of hydrogen-bond acceptors (Lipinski definition) is 2. The van der Waals surface area contributed by atoms with Crippen LogP contribution in [0.15, 0.2) is 72.1 Å². The van der Waals surface area contributed by atoms with Crippen LogP contribution in [0.2, 0.25) is 0 Å². The highest BCUT2D eigenvalue weighted by molar-refractivity contribution is 7.11. The fourth-order valence-corrected chi connectivity index (χ4v) is 2.91. The number of hydrogen-bond donors (Lipinski definition) is 1. The molecule has 0 fully saturated rings. The second kappa shape index (κ2) is 6.41. The summed E-state index contributed by atoms with van der Waals surface area (Å²) >= 11 is 1.52. The van der Waals surface area contributed by atoms with Crippen molar-refractivity contribution in [2.45, 2.75) is 0 Å². The lowest BCUT2D eigenvalue weighted by molar-refractivity contribution is -0.130. The molecule has 0 spiro atoms. The molecule has 2 aromatic carbocycles. The van der Waals surface area contributed by atoms with Gasteiger partial charge in [0, 0.05) is 4.88 Å². The molecule has 22 heavy (non-hydrogen) atoms. The number of thiophene rings is 1. The number of rotatable bonds is 4. The Morgan fingerprint density at radius 2 is 1.55 bits per heavy atom. The lowest BCUT2D eigenvalue weighted by atomic mass is 10.00. The van der Waals surface area contributed by atoms with Crippen LogP contribution in [0.3, 0.4) is 0 Å². The van der Waals surface area contributed by atoms with Crippen LogP contribution < -0.4 is 0 Å². The number of carboxylic acid groups (broad SMARTS) is 1.